The standard InChI is InChI=1S/C30H39N5O5S/c1-22-19-25(11-12-27(22)40-26-13-17-34(18-14-26)28-10-3-2-4-15-33-28)35(41(38,39)21-29(36)37)16-6-8-23-7-5-9-24(20-23)30(31)32/h5-9,11-12,19-20,26H,2-4,10,13-18,21H2,1H3,(H3,31,32)(H,36,37)/b8-6+. The summed E-state index contributed by atoms with van der Waals surface area (Å²) in [4.78, 5) is 18.5. The number of sulfonamides is 1. The van der Waals surface area contributed by atoms with E-state index in [4.69, 9.17) is 20.9 Å². The van der Waals surface area contributed by atoms with E-state index < -0.39 is 21.7 Å². The van der Waals surface area contributed by atoms with Crippen molar-refractivity contribution in [2.24, 2.45) is 10.7 Å². The number of aliphatic imine (C=N–C) groups is 1. The summed E-state index contributed by atoms with van der Waals surface area (Å²) in [5, 5.41) is 16.8. The average molecular weight is 582 g/mol. The van der Waals surface area contributed by atoms with Crippen LogP contribution in [0.15, 0.2) is 53.5 Å². The summed E-state index contributed by atoms with van der Waals surface area (Å²) in [6, 6.07) is 12.1. The Bertz CT molecular complexity index is 1410. The molecular weight excluding hydrogens is 542 g/mol. The van der Waals surface area contributed by atoms with Gasteiger partial charge in [0.2, 0.25) is 10.0 Å². The van der Waals surface area contributed by atoms with Gasteiger partial charge in [0.05, 0.1) is 18.1 Å². The van der Waals surface area contributed by atoms with E-state index in [-0.39, 0.29) is 18.5 Å². The maximum Gasteiger partial charge on any atom is 0.320 e. The second-order valence-corrected chi connectivity index (χ2v) is 12.4. The molecule has 0 bridgehead atoms. The van der Waals surface area contributed by atoms with Crippen LogP contribution in [0.2, 0.25) is 0 Å². The van der Waals surface area contributed by atoms with E-state index in [1.54, 1.807) is 48.6 Å². The minimum Gasteiger partial charge on any atom is -0.490 e. The topological polar surface area (TPSA) is 149 Å². The first-order chi connectivity index (χ1) is 19.6. The van der Waals surface area contributed by atoms with Crippen LogP contribution in [0, 0.1) is 12.3 Å². The van der Waals surface area contributed by atoms with E-state index >= 15 is 0 Å². The van der Waals surface area contributed by atoms with Gasteiger partial charge in [0.25, 0.3) is 0 Å². The first-order valence-corrected chi connectivity index (χ1v) is 15.6. The van der Waals surface area contributed by atoms with Crippen molar-refractivity contribution in [1.29, 1.82) is 5.41 Å². The lowest BCUT2D eigenvalue weighted by atomic mass is 10.1. The number of likely N-dealkylation sites (tertiary alicyclic amines) is 1. The Morgan fingerprint density at radius 3 is 2.68 bits per heavy atom. The molecule has 0 aromatic heterocycles. The van der Waals surface area contributed by atoms with Crippen molar-refractivity contribution in [2.75, 3.05) is 36.2 Å². The highest BCUT2D eigenvalue weighted by Gasteiger charge is 2.27. The summed E-state index contributed by atoms with van der Waals surface area (Å²) < 4.78 is 33.5. The number of carbonyl (C=O) groups is 1. The molecule has 41 heavy (non-hydrogen) atoms. The van der Waals surface area contributed by atoms with Crippen LogP contribution in [0.1, 0.15) is 55.2 Å². The van der Waals surface area contributed by atoms with Crippen LogP contribution in [0.25, 0.3) is 6.08 Å². The highest BCUT2D eigenvalue weighted by molar-refractivity contribution is 7.93. The number of rotatable bonds is 10. The fourth-order valence-corrected chi connectivity index (χ4v) is 6.37. The highest BCUT2D eigenvalue weighted by atomic mass is 32.2. The van der Waals surface area contributed by atoms with E-state index in [0.717, 1.165) is 54.3 Å². The van der Waals surface area contributed by atoms with Gasteiger partial charge in [-0.15, -0.1) is 0 Å². The summed E-state index contributed by atoms with van der Waals surface area (Å²) in [5.74, 6) is -0.605. The predicted molar refractivity (Wildman–Crippen MR) is 162 cm³/mol. The van der Waals surface area contributed by atoms with Crippen molar-refractivity contribution in [1.82, 2.24) is 4.90 Å². The lowest BCUT2D eigenvalue weighted by Gasteiger charge is -2.34. The van der Waals surface area contributed by atoms with Crippen molar-refractivity contribution in [3.8, 4) is 5.75 Å². The molecule has 0 spiro atoms. The zero-order chi connectivity index (χ0) is 29.4. The Morgan fingerprint density at radius 2 is 1.98 bits per heavy atom. The second-order valence-electron chi connectivity index (χ2n) is 10.5. The monoisotopic (exact) mass is 581 g/mol. The first kappa shape index (κ1) is 30.1. The van der Waals surface area contributed by atoms with Crippen LogP contribution in [0.5, 0.6) is 5.75 Å². The van der Waals surface area contributed by atoms with Gasteiger partial charge >= 0.3 is 5.97 Å². The number of piperidine rings is 1. The minimum absolute atomic E-state index is 0.0581. The van der Waals surface area contributed by atoms with Crippen LogP contribution in [-0.2, 0) is 14.8 Å². The number of hydrogen-bond acceptors (Lipinski definition) is 7. The van der Waals surface area contributed by atoms with Gasteiger partial charge in [-0.1, -0.05) is 36.8 Å². The molecule has 4 N–H and O–H groups in total. The number of aryl methyl sites for hydroxylation is 1. The van der Waals surface area contributed by atoms with Crippen molar-refractivity contribution in [2.45, 2.75) is 51.6 Å². The van der Waals surface area contributed by atoms with Gasteiger partial charge in [-0.05, 0) is 55.2 Å². The number of nitrogen functional groups attached to an aromatic ring is 1. The quantitative estimate of drug-likeness (QED) is 0.283. The maximum absolute atomic E-state index is 13.0. The number of aliphatic carboxylic acids is 1. The summed E-state index contributed by atoms with van der Waals surface area (Å²) in [5.41, 5.74) is 7.99. The molecular formula is C30H39N5O5S. The van der Waals surface area contributed by atoms with Gasteiger partial charge in [0, 0.05) is 44.5 Å². The minimum atomic E-state index is -4.16. The molecule has 2 aliphatic heterocycles. The number of carboxylic acid groups (broad SMARTS) is 1. The van der Waals surface area contributed by atoms with Crippen LogP contribution < -0.4 is 14.8 Å². The SMILES string of the molecule is Cc1cc(N(C/C=C/c2cccc(C(=N)N)c2)S(=O)(=O)CC(=O)O)ccc1OC1CCN(C2=NCCCCC2)CC1. The van der Waals surface area contributed by atoms with Gasteiger partial charge in [0.1, 0.15) is 17.7 Å². The van der Waals surface area contributed by atoms with Crippen LogP contribution >= 0.6 is 0 Å². The molecule has 2 heterocycles. The molecule has 0 radical (unpaired) electrons. The number of anilines is 1. The molecule has 2 aliphatic rings. The zero-order valence-electron chi connectivity index (χ0n) is 23.5. The number of amidine groups is 2. The predicted octanol–water partition coefficient (Wildman–Crippen LogP) is 4.03. The average Bonchev–Trinajstić information content (AvgIpc) is 3.22. The third kappa shape index (κ3) is 8.32. The van der Waals surface area contributed by atoms with E-state index in [0.29, 0.717) is 17.0 Å². The Kier molecular flexibility index (Phi) is 10.0. The van der Waals surface area contributed by atoms with Crippen LogP contribution in [-0.4, -0.2) is 74.1 Å². The number of carboxylic acids is 1. The largest absolute Gasteiger partial charge is 0.490 e. The molecule has 4 rings (SSSR count). The molecule has 0 saturated carbocycles. The summed E-state index contributed by atoms with van der Waals surface area (Å²) in [6.07, 6.45) is 9.83. The number of benzene rings is 2. The van der Waals surface area contributed by atoms with Crippen molar-refractivity contribution in [3.05, 3.63) is 65.2 Å². The normalized spacial score (nSPS) is 16.7. The highest BCUT2D eigenvalue weighted by Crippen LogP contribution is 2.29. The second kappa shape index (κ2) is 13.7. The lowest BCUT2D eigenvalue weighted by Crippen LogP contribution is -2.41. The third-order valence-corrected chi connectivity index (χ3v) is 8.96. The molecule has 0 aliphatic carbocycles. The maximum atomic E-state index is 13.0. The van der Waals surface area contributed by atoms with Gasteiger partial charge < -0.3 is 20.5 Å². The van der Waals surface area contributed by atoms with Crippen molar-refractivity contribution < 1.29 is 23.1 Å². The molecule has 2 aromatic rings. The smallest absolute Gasteiger partial charge is 0.320 e. The fraction of sp³-hybridized carbons (Fsp3) is 0.433. The molecule has 1 saturated heterocycles. The molecule has 220 valence electrons. The van der Waals surface area contributed by atoms with Crippen molar-refractivity contribution in [3.63, 3.8) is 0 Å². The molecule has 1 fully saturated rings. The third-order valence-electron chi connectivity index (χ3n) is 7.32. The van der Waals surface area contributed by atoms with E-state index in [1.165, 1.54) is 25.1 Å². The lowest BCUT2D eigenvalue weighted by molar-refractivity contribution is -0.134. The Morgan fingerprint density at radius 1 is 1.20 bits per heavy atom. The zero-order valence-corrected chi connectivity index (χ0v) is 24.3. The van der Waals surface area contributed by atoms with Gasteiger partial charge in [-0.25, -0.2) is 8.42 Å². The Balaban J connectivity index is 1.45. The van der Waals surface area contributed by atoms with E-state index in [2.05, 4.69) is 4.90 Å². The number of nitrogens with zero attached hydrogens (tertiary/aromatic N) is 3. The number of nitrogens with one attached hydrogen (secondary N) is 1. The number of ether oxygens (including phenoxy) is 1. The van der Waals surface area contributed by atoms with Gasteiger partial charge in [0.15, 0.2) is 5.75 Å². The molecule has 0 atom stereocenters. The summed E-state index contributed by atoms with van der Waals surface area (Å²) in [6.45, 7) is 4.52. The van der Waals surface area contributed by atoms with Crippen LogP contribution in [0.4, 0.5) is 5.69 Å². The van der Waals surface area contributed by atoms with Crippen molar-refractivity contribution >= 4 is 39.4 Å². The molecule has 11 heteroatoms. The number of nitrogens with two attached hydrogens (primary N) is 1. The Labute approximate surface area is 242 Å². The number of hydrogen-bond donors (Lipinski definition) is 3. The summed E-state index contributed by atoms with van der Waals surface area (Å²) >= 11 is 0. The molecule has 0 amide bonds. The summed E-state index contributed by atoms with van der Waals surface area (Å²) in [7, 11) is -4.16. The molecule has 0 unspecified atom stereocenters. The van der Waals surface area contributed by atoms with Crippen LogP contribution in [0.3, 0.4) is 0 Å². The van der Waals surface area contributed by atoms with E-state index in [9.17, 15) is 18.3 Å². The van der Waals surface area contributed by atoms with E-state index in [1.807, 2.05) is 13.0 Å². The Hall–Kier alpha value is -3.86. The van der Waals surface area contributed by atoms with Gasteiger partial charge in [-0.2, -0.15) is 0 Å². The van der Waals surface area contributed by atoms with Gasteiger partial charge in [-0.3, -0.25) is 19.5 Å². The first-order valence-electron chi connectivity index (χ1n) is 14.0. The fourth-order valence-electron chi connectivity index (χ4n) is 5.16. The molecule has 10 nitrogen and oxygen atoms in total. The molecule has 2 aromatic carbocycles.